The van der Waals surface area contributed by atoms with E-state index in [1.165, 1.54) is 5.69 Å². The first-order valence-corrected chi connectivity index (χ1v) is 9.58. The van der Waals surface area contributed by atoms with Crippen molar-refractivity contribution in [2.75, 3.05) is 54.5 Å². The maximum Gasteiger partial charge on any atom is 0.274 e. The zero-order chi connectivity index (χ0) is 19.2. The van der Waals surface area contributed by atoms with Gasteiger partial charge in [0.25, 0.3) is 5.91 Å². The Labute approximate surface area is 161 Å². The number of aryl methyl sites for hydroxylation is 1. The summed E-state index contributed by atoms with van der Waals surface area (Å²) in [7, 11) is 0. The van der Waals surface area contributed by atoms with Crippen LogP contribution in [0.25, 0.3) is 0 Å². The number of ether oxygens (including phenoxy) is 1. The molecule has 1 aliphatic heterocycles. The van der Waals surface area contributed by atoms with E-state index >= 15 is 0 Å². The van der Waals surface area contributed by atoms with Gasteiger partial charge in [0.2, 0.25) is 0 Å². The standard InChI is InChI=1S/C21H28N4O2/c1-4-24(5-2)17-6-7-19(16(3)14-17)23-21(26)20-15-18(8-9-22-20)25-10-12-27-13-11-25/h6-9,14-15H,4-5,10-13H2,1-3H3,(H,23,26). The van der Waals surface area contributed by atoms with Gasteiger partial charge in [-0.3, -0.25) is 9.78 Å². The molecule has 0 spiro atoms. The molecule has 3 rings (SSSR count). The van der Waals surface area contributed by atoms with E-state index in [0.29, 0.717) is 18.9 Å². The van der Waals surface area contributed by atoms with Crippen LogP contribution in [-0.2, 0) is 4.74 Å². The fraction of sp³-hybridized carbons (Fsp3) is 0.429. The van der Waals surface area contributed by atoms with Crippen LogP contribution in [0.1, 0.15) is 29.9 Å². The van der Waals surface area contributed by atoms with E-state index in [9.17, 15) is 4.79 Å². The summed E-state index contributed by atoms with van der Waals surface area (Å²) in [5.41, 5.74) is 4.45. The second-order valence-corrected chi connectivity index (χ2v) is 6.62. The highest BCUT2D eigenvalue weighted by molar-refractivity contribution is 6.03. The summed E-state index contributed by atoms with van der Waals surface area (Å²) >= 11 is 0. The number of anilines is 3. The summed E-state index contributed by atoms with van der Waals surface area (Å²) in [6, 6.07) is 9.91. The van der Waals surface area contributed by atoms with Crippen molar-refractivity contribution >= 4 is 23.0 Å². The Bertz CT molecular complexity index is 784. The highest BCUT2D eigenvalue weighted by Gasteiger charge is 2.15. The molecule has 27 heavy (non-hydrogen) atoms. The van der Waals surface area contributed by atoms with Gasteiger partial charge < -0.3 is 19.9 Å². The van der Waals surface area contributed by atoms with Gasteiger partial charge in [0.05, 0.1) is 13.2 Å². The fourth-order valence-corrected chi connectivity index (χ4v) is 3.32. The van der Waals surface area contributed by atoms with Crippen molar-refractivity contribution in [3.63, 3.8) is 0 Å². The highest BCUT2D eigenvalue weighted by Crippen LogP contribution is 2.23. The van der Waals surface area contributed by atoms with Crippen molar-refractivity contribution < 1.29 is 9.53 Å². The zero-order valence-electron chi connectivity index (χ0n) is 16.4. The van der Waals surface area contributed by atoms with Crippen LogP contribution >= 0.6 is 0 Å². The van der Waals surface area contributed by atoms with Crippen LogP contribution in [-0.4, -0.2) is 50.3 Å². The maximum atomic E-state index is 12.7. The Balaban J connectivity index is 1.73. The third-order valence-corrected chi connectivity index (χ3v) is 4.94. The molecule has 6 nitrogen and oxygen atoms in total. The first-order chi connectivity index (χ1) is 13.1. The van der Waals surface area contributed by atoms with Gasteiger partial charge in [-0.25, -0.2) is 0 Å². The first kappa shape index (κ1) is 19.2. The third-order valence-electron chi connectivity index (χ3n) is 4.94. The second kappa shape index (κ2) is 8.86. The summed E-state index contributed by atoms with van der Waals surface area (Å²) in [6.45, 7) is 11.3. The highest BCUT2D eigenvalue weighted by atomic mass is 16.5. The number of benzene rings is 1. The molecule has 0 atom stereocenters. The molecule has 2 heterocycles. The lowest BCUT2D eigenvalue weighted by atomic mass is 10.1. The second-order valence-electron chi connectivity index (χ2n) is 6.62. The van der Waals surface area contributed by atoms with Crippen LogP contribution < -0.4 is 15.1 Å². The van der Waals surface area contributed by atoms with Crippen molar-refractivity contribution in [1.82, 2.24) is 4.98 Å². The van der Waals surface area contributed by atoms with Crippen LogP contribution in [0, 0.1) is 6.92 Å². The molecule has 6 heteroatoms. The van der Waals surface area contributed by atoms with Crippen molar-refractivity contribution in [1.29, 1.82) is 0 Å². The smallest absolute Gasteiger partial charge is 0.274 e. The van der Waals surface area contributed by atoms with E-state index in [-0.39, 0.29) is 5.91 Å². The van der Waals surface area contributed by atoms with Gasteiger partial charge in [0.1, 0.15) is 5.69 Å². The van der Waals surface area contributed by atoms with E-state index in [0.717, 1.165) is 43.1 Å². The van der Waals surface area contributed by atoms with Gasteiger partial charge in [0, 0.05) is 49.4 Å². The van der Waals surface area contributed by atoms with E-state index < -0.39 is 0 Å². The number of nitrogens with one attached hydrogen (secondary N) is 1. The van der Waals surface area contributed by atoms with Gasteiger partial charge in [0.15, 0.2) is 0 Å². The molecule has 0 saturated carbocycles. The fourth-order valence-electron chi connectivity index (χ4n) is 3.32. The van der Waals surface area contributed by atoms with Crippen molar-refractivity contribution in [2.45, 2.75) is 20.8 Å². The van der Waals surface area contributed by atoms with E-state index in [1.54, 1.807) is 6.20 Å². The minimum atomic E-state index is -0.191. The number of amides is 1. The molecular formula is C21H28N4O2. The lowest BCUT2D eigenvalue weighted by molar-refractivity contribution is 0.102. The normalized spacial score (nSPS) is 14.1. The SMILES string of the molecule is CCN(CC)c1ccc(NC(=O)c2cc(N3CCOCC3)ccn2)c(C)c1. The molecule has 0 bridgehead atoms. The molecular weight excluding hydrogens is 340 g/mol. The molecule has 2 aromatic rings. The third kappa shape index (κ3) is 4.57. The van der Waals surface area contributed by atoms with Crippen LogP contribution in [0.2, 0.25) is 0 Å². The van der Waals surface area contributed by atoms with Gasteiger partial charge in [-0.2, -0.15) is 0 Å². The van der Waals surface area contributed by atoms with Gasteiger partial charge >= 0.3 is 0 Å². The summed E-state index contributed by atoms with van der Waals surface area (Å²) in [5, 5.41) is 3.00. The van der Waals surface area contributed by atoms with Crippen molar-refractivity contribution in [3.05, 3.63) is 47.8 Å². The lowest BCUT2D eigenvalue weighted by Crippen LogP contribution is -2.36. The average Bonchev–Trinajstić information content (AvgIpc) is 2.71. The predicted molar refractivity (Wildman–Crippen MR) is 110 cm³/mol. The predicted octanol–water partition coefficient (Wildman–Crippen LogP) is 3.33. The zero-order valence-corrected chi connectivity index (χ0v) is 16.4. The molecule has 1 fully saturated rings. The Morgan fingerprint density at radius 1 is 1.19 bits per heavy atom. The van der Waals surface area contributed by atoms with E-state index in [4.69, 9.17) is 4.74 Å². The maximum absolute atomic E-state index is 12.7. The number of hydrogen-bond acceptors (Lipinski definition) is 5. The summed E-state index contributed by atoms with van der Waals surface area (Å²) in [6.07, 6.45) is 1.69. The average molecular weight is 368 g/mol. The Hall–Kier alpha value is -2.60. The number of carbonyl (C=O) groups is 1. The largest absolute Gasteiger partial charge is 0.378 e. The monoisotopic (exact) mass is 368 g/mol. The van der Waals surface area contributed by atoms with Gasteiger partial charge in [-0.15, -0.1) is 0 Å². The molecule has 1 aliphatic rings. The van der Waals surface area contributed by atoms with E-state index in [1.807, 2.05) is 31.2 Å². The number of pyridine rings is 1. The number of aromatic nitrogens is 1. The van der Waals surface area contributed by atoms with E-state index in [2.05, 4.69) is 40.0 Å². The number of nitrogens with zero attached hydrogens (tertiary/aromatic N) is 3. The van der Waals surface area contributed by atoms with Crippen LogP contribution in [0.15, 0.2) is 36.5 Å². The summed E-state index contributed by atoms with van der Waals surface area (Å²) < 4.78 is 5.39. The van der Waals surface area contributed by atoms with Crippen molar-refractivity contribution in [3.8, 4) is 0 Å². The molecule has 0 aliphatic carbocycles. The molecule has 1 saturated heterocycles. The molecule has 1 amide bonds. The number of morpholine rings is 1. The molecule has 0 radical (unpaired) electrons. The molecule has 144 valence electrons. The molecule has 1 N–H and O–H groups in total. The van der Waals surface area contributed by atoms with Crippen LogP contribution in [0.4, 0.5) is 17.1 Å². The Morgan fingerprint density at radius 2 is 1.93 bits per heavy atom. The van der Waals surface area contributed by atoms with Crippen molar-refractivity contribution in [2.24, 2.45) is 0 Å². The Morgan fingerprint density at radius 3 is 2.59 bits per heavy atom. The number of carbonyl (C=O) groups excluding carboxylic acids is 1. The minimum Gasteiger partial charge on any atom is -0.378 e. The van der Waals surface area contributed by atoms with Gasteiger partial charge in [-0.1, -0.05) is 0 Å². The summed E-state index contributed by atoms with van der Waals surface area (Å²) in [5.74, 6) is -0.191. The topological polar surface area (TPSA) is 57.7 Å². The van der Waals surface area contributed by atoms with Gasteiger partial charge in [-0.05, 0) is 56.7 Å². The molecule has 1 aromatic heterocycles. The van der Waals surface area contributed by atoms with Crippen LogP contribution in [0.3, 0.4) is 0 Å². The minimum absolute atomic E-state index is 0.191. The molecule has 1 aromatic carbocycles. The lowest BCUT2D eigenvalue weighted by Gasteiger charge is -2.28. The Kier molecular flexibility index (Phi) is 6.29. The first-order valence-electron chi connectivity index (χ1n) is 9.58. The van der Waals surface area contributed by atoms with Crippen LogP contribution in [0.5, 0.6) is 0 Å². The quantitative estimate of drug-likeness (QED) is 0.848. The molecule has 0 unspecified atom stereocenters. The summed E-state index contributed by atoms with van der Waals surface area (Å²) in [4.78, 5) is 21.5. The number of hydrogen-bond donors (Lipinski definition) is 1. The number of rotatable bonds is 6.